The third kappa shape index (κ3) is 5.66. The molecule has 1 saturated carbocycles. The lowest BCUT2D eigenvalue weighted by molar-refractivity contribution is -0.130. The molecule has 2 aliphatic heterocycles. The summed E-state index contributed by atoms with van der Waals surface area (Å²) < 4.78 is 37.2. The van der Waals surface area contributed by atoms with Crippen molar-refractivity contribution in [3.8, 4) is 0 Å². The normalized spacial score (nSPS) is 18.8. The smallest absolute Gasteiger partial charge is 0.414 e. The lowest BCUT2D eigenvalue weighted by Gasteiger charge is -2.36. The zero-order chi connectivity index (χ0) is 29.4. The lowest BCUT2D eigenvalue weighted by Crippen LogP contribution is -2.51. The van der Waals surface area contributed by atoms with E-state index in [1.165, 1.54) is 22.2 Å². The molecule has 13 nitrogen and oxygen atoms in total. The second kappa shape index (κ2) is 11.2. The van der Waals surface area contributed by atoms with Crippen LogP contribution in [0.5, 0.6) is 0 Å². The summed E-state index contributed by atoms with van der Waals surface area (Å²) in [6, 6.07) is 2.15. The molecular formula is C27H28F2N8O5. The maximum Gasteiger partial charge on any atom is 0.414 e. The molecule has 1 aliphatic carbocycles. The van der Waals surface area contributed by atoms with Crippen LogP contribution < -0.4 is 20.4 Å². The Balaban J connectivity index is 1.01. The molecule has 3 aromatic rings. The van der Waals surface area contributed by atoms with Crippen LogP contribution in [0.1, 0.15) is 23.3 Å². The number of hydrogen-bond acceptors (Lipinski definition) is 8. The van der Waals surface area contributed by atoms with E-state index in [1.54, 1.807) is 16.8 Å². The fourth-order valence-corrected chi connectivity index (χ4v) is 5.04. The number of cyclic esters (lactones) is 1. The van der Waals surface area contributed by atoms with E-state index in [-0.39, 0.29) is 80.6 Å². The number of piperazine rings is 1. The third-order valence-corrected chi connectivity index (χ3v) is 7.49. The number of halogens is 2. The Labute approximate surface area is 238 Å². The van der Waals surface area contributed by atoms with Crippen LogP contribution >= 0.6 is 0 Å². The van der Waals surface area contributed by atoms with Crippen LogP contribution in [0.3, 0.4) is 0 Å². The molecule has 0 radical (unpaired) electrons. The van der Waals surface area contributed by atoms with Crippen molar-refractivity contribution in [1.29, 1.82) is 0 Å². The highest BCUT2D eigenvalue weighted by Crippen LogP contribution is 2.32. The Morgan fingerprint density at radius 2 is 1.79 bits per heavy atom. The highest BCUT2D eigenvalue weighted by atomic mass is 19.1. The van der Waals surface area contributed by atoms with Crippen LogP contribution in [0.15, 0.2) is 36.9 Å². The van der Waals surface area contributed by atoms with Gasteiger partial charge in [0.1, 0.15) is 17.5 Å². The fourth-order valence-electron chi connectivity index (χ4n) is 5.04. The molecule has 1 aromatic carbocycles. The van der Waals surface area contributed by atoms with Gasteiger partial charge in [0.05, 0.1) is 31.5 Å². The van der Waals surface area contributed by atoms with Gasteiger partial charge in [0.15, 0.2) is 17.3 Å². The number of ether oxygens (including phenoxy) is 1. The largest absolute Gasteiger partial charge is 0.442 e. The van der Waals surface area contributed by atoms with Crippen LogP contribution in [0.4, 0.5) is 25.0 Å². The van der Waals surface area contributed by atoms with Crippen molar-refractivity contribution in [3.05, 3.63) is 54.2 Å². The van der Waals surface area contributed by atoms with Gasteiger partial charge in [-0.05, 0) is 12.8 Å². The molecule has 1 atom stereocenters. The zero-order valence-electron chi connectivity index (χ0n) is 22.5. The molecule has 0 spiro atoms. The third-order valence-electron chi connectivity index (χ3n) is 7.49. The number of anilines is 2. The number of hydrogen-bond donors (Lipinski definition) is 2. The highest BCUT2D eigenvalue weighted by molar-refractivity contribution is 5.95. The van der Waals surface area contributed by atoms with Gasteiger partial charge < -0.3 is 29.6 Å². The van der Waals surface area contributed by atoms with Crippen molar-refractivity contribution in [2.45, 2.75) is 18.9 Å². The topological polar surface area (TPSA) is 141 Å². The van der Waals surface area contributed by atoms with Gasteiger partial charge in [-0.3, -0.25) is 24.3 Å². The SMILES string of the molecule is O=C(NCC(=O)N1CCN(c2c(F)cc(N3C[C@H](CNC(=O)C4CC4)OC3=O)cc2F)CC1)c1cn2ccncc2n1. The highest BCUT2D eigenvalue weighted by Gasteiger charge is 2.36. The maximum absolute atomic E-state index is 15.2. The Morgan fingerprint density at radius 1 is 1.05 bits per heavy atom. The van der Waals surface area contributed by atoms with Crippen LogP contribution in [0, 0.1) is 17.6 Å². The number of rotatable bonds is 8. The zero-order valence-corrected chi connectivity index (χ0v) is 22.5. The van der Waals surface area contributed by atoms with Crippen LogP contribution in [-0.2, 0) is 14.3 Å². The van der Waals surface area contributed by atoms with E-state index in [0.717, 1.165) is 29.9 Å². The van der Waals surface area contributed by atoms with Gasteiger partial charge in [-0.15, -0.1) is 0 Å². The molecule has 15 heteroatoms. The number of carbonyl (C=O) groups is 4. The summed E-state index contributed by atoms with van der Waals surface area (Å²) in [5, 5.41) is 5.29. The summed E-state index contributed by atoms with van der Waals surface area (Å²) in [6.07, 6.45) is 6.57. The molecule has 2 aromatic heterocycles. The standard InChI is InChI=1S/C27H28F2N8O5/c28-19-9-17(37-14-18(42-27(37)41)11-31-25(39)16-1-2-16)10-20(29)24(19)35-7-5-34(6-8-35)23(38)13-32-26(40)21-15-36-4-3-30-12-22(36)33-21/h3-4,9-10,12,15-16,18H,1-2,5-8,11,13-14H2,(H,31,39)(H,32,40)/t18-/m0/s1. The fraction of sp³-hybridized carbons (Fsp3) is 0.407. The van der Waals surface area contributed by atoms with Gasteiger partial charge in [-0.1, -0.05) is 0 Å². The summed E-state index contributed by atoms with van der Waals surface area (Å²) in [5.41, 5.74) is 0.409. The predicted octanol–water partition coefficient (Wildman–Crippen LogP) is 0.938. The Kier molecular flexibility index (Phi) is 7.31. The van der Waals surface area contributed by atoms with E-state index in [2.05, 4.69) is 20.6 Å². The van der Waals surface area contributed by atoms with E-state index >= 15 is 8.78 Å². The Hall–Kier alpha value is -4.82. The quantitative estimate of drug-likeness (QED) is 0.400. The number of amides is 4. The van der Waals surface area contributed by atoms with Gasteiger partial charge in [0.25, 0.3) is 5.91 Å². The summed E-state index contributed by atoms with van der Waals surface area (Å²) in [7, 11) is 0. The molecular weight excluding hydrogens is 554 g/mol. The molecule has 3 aliphatic rings. The summed E-state index contributed by atoms with van der Waals surface area (Å²) >= 11 is 0. The summed E-state index contributed by atoms with van der Waals surface area (Å²) in [6.45, 7) is 0.657. The van der Waals surface area contributed by atoms with Crippen LogP contribution in [0.25, 0.3) is 5.65 Å². The first-order chi connectivity index (χ1) is 20.3. The van der Waals surface area contributed by atoms with E-state index in [0.29, 0.717) is 5.65 Å². The predicted molar refractivity (Wildman–Crippen MR) is 144 cm³/mol. The van der Waals surface area contributed by atoms with Crippen molar-refractivity contribution >= 4 is 40.8 Å². The first kappa shape index (κ1) is 27.4. The van der Waals surface area contributed by atoms with Crippen LogP contribution in [0.2, 0.25) is 0 Å². The molecule has 2 saturated heterocycles. The van der Waals surface area contributed by atoms with Crippen molar-refractivity contribution in [2.75, 3.05) is 55.6 Å². The average molecular weight is 583 g/mol. The second-order valence-corrected chi connectivity index (χ2v) is 10.4. The molecule has 0 unspecified atom stereocenters. The second-order valence-electron chi connectivity index (χ2n) is 10.4. The molecule has 4 amide bonds. The van der Waals surface area contributed by atoms with E-state index in [9.17, 15) is 19.2 Å². The van der Waals surface area contributed by atoms with Gasteiger partial charge in [-0.2, -0.15) is 0 Å². The summed E-state index contributed by atoms with van der Waals surface area (Å²) in [4.78, 5) is 61.6. The molecule has 2 N–H and O–H groups in total. The molecule has 3 fully saturated rings. The molecule has 0 bridgehead atoms. The Morgan fingerprint density at radius 3 is 2.48 bits per heavy atom. The number of aromatic nitrogens is 3. The molecule has 220 valence electrons. The first-order valence-corrected chi connectivity index (χ1v) is 13.6. The minimum atomic E-state index is -0.849. The number of carbonyl (C=O) groups excluding carboxylic acids is 4. The molecule has 6 rings (SSSR count). The van der Waals surface area contributed by atoms with Gasteiger partial charge in [0, 0.05) is 62.8 Å². The van der Waals surface area contributed by atoms with Crippen molar-refractivity contribution in [1.82, 2.24) is 29.9 Å². The monoisotopic (exact) mass is 582 g/mol. The van der Waals surface area contributed by atoms with Crippen molar-refractivity contribution in [2.24, 2.45) is 5.92 Å². The minimum Gasteiger partial charge on any atom is -0.442 e. The molecule has 4 heterocycles. The number of imidazole rings is 1. The van der Waals surface area contributed by atoms with E-state index in [1.807, 2.05) is 0 Å². The van der Waals surface area contributed by atoms with Gasteiger partial charge >= 0.3 is 6.09 Å². The van der Waals surface area contributed by atoms with Crippen molar-refractivity contribution < 1.29 is 32.7 Å². The minimum absolute atomic E-state index is 0.0150. The maximum atomic E-state index is 15.2. The first-order valence-electron chi connectivity index (χ1n) is 13.6. The van der Waals surface area contributed by atoms with Gasteiger partial charge in [-0.25, -0.2) is 18.6 Å². The summed E-state index contributed by atoms with van der Waals surface area (Å²) in [5.74, 6) is -2.61. The number of nitrogens with zero attached hydrogens (tertiary/aromatic N) is 6. The molecule has 42 heavy (non-hydrogen) atoms. The van der Waals surface area contributed by atoms with Crippen molar-refractivity contribution in [3.63, 3.8) is 0 Å². The van der Waals surface area contributed by atoms with Crippen LogP contribution in [-0.4, -0.2) is 95.0 Å². The number of fused-ring (bicyclic) bond motifs is 1. The van der Waals surface area contributed by atoms with E-state index in [4.69, 9.17) is 4.74 Å². The van der Waals surface area contributed by atoms with Gasteiger partial charge in [0.2, 0.25) is 11.8 Å². The lowest BCUT2D eigenvalue weighted by atomic mass is 10.2. The number of nitrogens with one attached hydrogen (secondary N) is 2. The average Bonchev–Trinajstić information content (AvgIpc) is 3.64. The van der Waals surface area contributed by atoms with E-state index < -0.39 is 29.7 Å². The number of benzene rings is 1. The Bertz CT molecular complexity index is 1500.